The summed E-state index contributed by atoms with van der Waals surface area (Å²) >= 11 is 0. The van der Waals surface area contributed by atoms with Crippen molar-refractivity contribution in [1.82, 2.24) is 14.7 Å². The largest absolute Gasteiger partial charge is 0.379 e. The van der Waals surface area contributed by atoms with E-state index in [1.165, 1.54) is 5.56 Å². The number of rotatable bonds is 6. The summed E-state index contributed by atoms with van der Waals surface area (Å²) in [5.74, 6) is 0. The predicted molar refractivity (Wildman–Crippen MR) is 80.6 cm³/mol. The molecule has 2 rings (SSSR count). The van der Waals surface area contributed by atoms with Gasteiger partial charge >= 0.3 is 0 Å². The quantitative estimate of drug-likeness (QED) is 0.850. The van der Waals surface area contributed by atoms with Crippen molar-refractivity contribution < 1.29 is 4.74 Å². The van der Waals surface area contributed by atoms with Crippen molar-refractivity contribution in [3.8, 4) is 0 Å². The zero-order valence-corrected chi connectivity index (χ0v) is 13.0. The molecule has 1 fully saturated rings. The van der Waals surface area contributed by atoms with E-state index in [0.29, 0.717) is 0 Å². The monoisotopic (exact) mass is 280 g/mol. The fourth-order valence-corrected chi connectivity index (χ4v) is 3.03. The summed E-state index contributed by atoms with van der Waals surface area (Å²) in [4.78, 5) is 2.50. The fraction of sp³-hybridized carbons (Fsp3) is 0.800. The van der Waals surface area contributed by atoms with E-state index >= 15 is 0 Å². The number of nitrogens with two attached hydrogens (primary N) is 1. The number of nitrogens with zero attached hydrogens (tertiary/aromatic N) is 3. The molecule has 1 aliphatic rings. The summed E-state index contributed by atoms with van der Waals surface area (Å²) in [5.41, 5.74) is 7.87. The third-order valence-electron chi connectivity index (χ3n) is 4.75. The van der Waals surface area contributed by atoms with Gasteiger partial charge in [-0.05, 0) is 31.7 Å². The third kappa shape index (κ3) is 3.40. The Morgan fingerprint density at radius 2 is 2.15 bits per heavy atom. The lowest BCUT2D eigenvalue weighted by atomic mass is 9.84. The molecule has 1 aromatic rings. The maximum absolute atomic E-state index is 6.54. The number of aromatic nitrogens is 2. The maximum atomic E-state index is 6.54. The SMILES string of the molecule is CCC(C)(C(N)CCc1cnn(C)c1)N1CCOCC1. The first-order chi connectivity index (χ1) is 9.56. The van der Waals surface area contributed by atoms with E-state index in [1.54, 1.807) is 0 Å². The summed E-state index contributed by atoms with van der Waals surface area (Å²) in [5, 5.41) is 4.22. The van der Waals surface area contributed by atoms with Crippen LogP contribution in [0.5, 0.6) is 0 Å². The number of aryl methyl sites for hydroxylation is 2. The Morgan fingerprint density at radius 1 is 1.45 bits per heavy atom. The Bertz CT molecular complexity index is 414. The van der Waals surface area contributed by atoms with Crippen molar-refractivity contribution in [3.05, 3.63) is 18.0 Å². The molecular formula is C15H28N4O. The zero-order valence-electron chi connectivity index (χ0n) is 13.0. The zero-order chi connectivity index (χ0) is 14.6. The second-order valence-corrected chi connectivity index (χ2v) is 5.98. The fourth-order valence-electron chi connectivity index (χ4n) is 3.03. The van der Waals surface area contributed by atoms with Gasteiger partial charge in [-0.15, -0.1) is 0 Å². The average Bonchev–Trinajstić information content (AvgIpc) is 2.90. The van der Waals surface area contributed by atoms with Crippen LogP contribution in [-0.2, 0) is 18.2 Å². The third-order valence-corrected chi connectivity index (χ3v) is 4.75. The first-order valence-corrected chi connectivity index (χ1v) is 7.62. The Balaban J connectivity index is 1.94. The van der Waals surface area contributed by atoms with E-state index in [9.17, 15) is 0 Å². The molecule has 2 N–H and O–H groups in total. The number of morpholine rings is 1. The molecule has 20 heavy (non-hydrogen) atoms. The molecule has 0 aliphatic carbocycles. The van der Waals surface area contributed by atoms with Gasteiger partial charge in [0.2, 0.25) is 0 Å². The molecule has 2 heterocycles. The van der Waals surface area contributed by atoms with Gasteiger partial charge in [-0.3, -0.25) is 9.58 Å². The van der Waals surface area contributed by atoms with Crippen LogP contribution in [0.3, 0.4) is 0 Å². The van der Waals surface area contributed by atoms with Crippen LogP contribution in [0.1, 0.15) is 32.3 Å². The van der Waals surface area contributed by atoms with E-state index in [4.69, 9.17) is 10.5 Å². The molecule has 0 spiro atoms. The minimum Gasteiger partial charge on any atom is -0.379 e. The molecule has 5 nitrogen and oxygen atoms in total. The molecule has 1 saturated heterocycles. The molecule has 114 valence electrons. The van der Waals surface area contributed by atoms with Crippen molar-refractivity contribution in [3.63, 3.8) is 0 Å². The first kappa shape index (κ1) is 15.5. The van der Waals surface area contributed by atoms with Crippen molar-refractivity contribution in [2.75, 3.05) is 26.3 Å². The molecule has 0 bridgehead atoms. The van der Waals surface area contributed by atoms with Crippen LogP contribution >= 0.6 is 0 Å². The highest BCUT2D eigenvalue weighted by molar-refractivity contribution is 5.05. The molecule has 0 amide bonds. The molecule has 0 radical (unpaired) electrons. The standard InChI is InChI=1S/C15H28N4O/c1-4-15(2,19-7-9-20-10-8-19)14(16)6-5-13-11-17-18(3)12-13/h11-12,14H,4-10,16H2,1-3H3. The predicted octanol–water partition coefficient (Wildman–Crippen LogP) is 1.18. The molecule has 0 aromatic carbocycles. The van der Waals surface area contributed by atoms with Crippen molar-refractivity contribution >= 4 is 0 Å². The van der Waals surface area contributed by atoms with Gasteiger partial charge in [-0.25, -0.2) is 0 Å². The molecule has 2 atom stereocenters. The lowest BCUT2D eigenvalue weighted by Gasteiger charge is -2.46. The lowest BCUT2D eigenvalue weighted by molar-refractivity contribution is -0.0282. The van der Waals surface area contributed by atoms with Crippen LogP contribution in [0.25, 0.3) is 0 Å². The highest BCUT2D eigenvalue weighted by Crippen LogP contribution is 2.26. The topological polar surface area (TPSA) is 56.3 Å². The second kappa shape index (κ2) is 6.70. The van der Waals surface area contributed by atoms with Crippen LogP contribution < -0.4 is 5.73 Å². The minimum absolute atomic E-state index is 0.0615. The van der Waals surface area contributed by atoms with E-state index in [2.05, 4.69) is 30.0 Å². The first-order valence-electron chi connectivity index (χ1n) is 7.62. The van der Waals surface area contributed by atoms with Gasteiger partial charge in [0.15, 0.2) is 0 Å². The van der Waals surface area contributed by atoms with Gasteiger partial charge in [0.05, 0.1) is 19.4 Å². The molecule has 0 saturated carbocycles. The Morgan fingerprint density at radius 3 is 2.70 bits per heavy atom. The number of hydrogen-bond acceptors (Lipinski definition) is 4. The van der Waals surface area contributed by atoms with Crippen LogP contribution in [0, 0.1) is 0 Å². The molecular weight excluding hydrogens is 252 g/mol. The van der Waals surface area contributed by atoms with E-state index in [0.717, 1.165) is 45.6 Å². The summed E-state index contributed by atoms with van der Waals surface area (Å²) in [6.45, 7) is 8.16. The highest BCUT2D eigenvalue weighted by atomic mass is 16.5. The van der Waals surface area contributed by atoms with E-state index in [1.807, 2.05) is 17.9 Å². The number of hydrogen-bond donors (Lipinski definition) is 1. The van der Waals surface area contributed by atoms with E-state index < -0.39 is 0 Å². The van der Waals surface area contributed by atoms with E-state index in [-0.39, 0.29) is 11.6 Å². The van der Waals surface area contributed by atoms with Crippen LogP contribution in [-0.4, -0.2) is 52.6 Å². The molecule has 1 aliphatic heterocycles. The Kier molecular flexibility index (Phi) is 5.18. The smallest absolute Gasteiger partial charge is 0.0594 e. The Labute approximate surface area is 122 Å². The van der Waals surface area contributed by atoms with Crippen molar-refractivity contribution in [2.24, 2.45) is 12.8 Å². The van der Waals surface area contributed by atoms with Gasteiger partial charge in [0.25, 0.3) is 0 Å². The minimum atomic E-state index is 0.0615. The maximum Gasteiger partial charge on any atom is 0.0594 e. The highest BCUT2D eigenvalue weighted by Gasteiger charge is 2.36. The number of ether oxygens (including phenoxy) is 1. The van der Waals surface area contributed by atoms with Crippen molar-refractivity contribution in [1.29, 1.82) is 0 Å². The van der Waals surface area contributed by atoms with Crippen LogP contribution in [0.2, 0.25) is 0 Å². The van der Waals surface area contributed by atoms with Gasteiger partial charge in [-0.1, -0.05) is 6.92 Å². The normalized spacial score (nSPS) is 21.6. The summed E-state index contributed by atoms with van der Waals surface area (Å²) in [6, 6.07) is 0.172. The van der Waals surface area contributed by atoms with Gasteiger partial charge in [-0.2, -0.15) is 5.10 Å². The van der Waals surface area contributed by atoms with Gasteiger partial charge < -0.3 is 10.5 Å². The van der Waals surface area contributed by atoms with Gasteiger partial charge in [0, 0.05) is 37.9 Å². The summed E-state index contributed by atoms with van der Waals surface area (Å²) < 4.78 is 7.31. The molecule has 1 aromatic heterocycles. The van der Waals surface area contributed by atoms with Crippen LogP contribution in [0.15, 0.2) is 12.4 Å². The van der Waals surface area contributed by atoms with Crippen molar-refractivity contribution in [2.45, 2.75) is 44.7 Å². The second-order valence-electron chi connectivity index (χ2n) is 5.98. The summed E-state index contributed by atoms with van der Waals surface area (Å²) in [6.07, 6.45) is 7.07. The average molecular weight is 280 g/mol. The Hall–Kier alpha value is -0.910. The lowest BCUT2D eigenvalue weighted by Crippen LogP contribution is -2.60. The molecule has 2 unspecified atom stereocenters. The molecule has 5 heteroatoms. The summed E-state index contributed by atoms with van der Waals surface area (Å²) in [7, 11) is 1.95. The van der Waals surface area contributed by atoms with Gasteiger partial charge in [0.1, 0.15) is 0 Å². The van der Waals surface area contributed by atoms with Crippen LogP contribution in [0.4, 0.5) is 0 Å².